The smallest absolute Gasteiger partial charge is 0.381 e. The Labute approximate surface area is 154 Å². The van der Waals surface area contributed by atoms with Gasteiger partial charge in [0.2, 0.25) is 0 Å². The molecule has 1 aromatic carbocycles. The third kappa shape index (κ3) is 3.49. The fourth-order valence-corrected chi connectivity index (χ4v) is 3.38. The van der Waals surface area contributed by atoms with Gasteiger partial charge in [-0.3, -0.25) is 0 Å². The Kier molecular flexibility index (Phi) is 4.51. The minimum atomic E-state index is -4.39. The van der Waals surface area contributed by atoms with E-state index in [2.05, 4.69) is 15.0 Å². The fraction of sp³-hybridized carbons (Fsp3) is 0.368. The number of hydrogen-bond donors (Lipinski definition) is 0. The Morgan fingerprint density at radius 2 is 1.96 bits per heavy atom. The van der Waals surface area contributed by atoms with Gasteiger partial charge in [0.05, 0.1) is 11.8 Å². The van der Waals surface area contributed by atoms with Crippen molar-refractivity contribution in [2.45, 2.75) is 25.1 Å². The van der Waals surface area contributed by atoms with Crippen molar-refractivity contribution in [1.82, 2.24) is 14.6 Å². The van der Waals surface area contributed by atoms with Crippen molar-refractivity contribution in [2.75, 3.05) is 25.2 Å². The summed E-state index contributed by atoms with van der Waals surface area (Å²) in [6.45, 7) is 1.44. The van der Waals surface area contributed by atoms with Crippen LogP contribution in [0.5, 0.6) is 0 Å². The summed E-state index contributed by atoms with van der Waals surface area (Å²) in [6.07, 6.45) is 0.785. The molecule has 0 N–H and O–H groups in total. The van der Waals surface area contributed by atoms with Gasteiger partial charge in [-0.1, -0.05) is 12.1 Å². The second-order valence-corrected chi connectivity index (χ2v) is 6.65. The first-order valence-corrected chi connectivity index (χ1v) is 8.76. The number of aromatic nitrogens is 3. The Balaban J connectivity index is 1.72. The van der Waals surface area contributed by atoms with Crippen molar-refractivity contribution in [3.8, 4) is 11.1 Å². The highest BCUT2D eigenvalue weighted by Gasteiger charge is 2.30. The lowest BCUT2D eigenvalue weighted by Gasteiger charge is -2.32. The molecule has 1 fully saturated rings. The minimum absolute atomic E-state index is 0.327. The quantitative estimate of drug-likeness (QED) is 0.692. The van der Waals surface area contributed by atoms with Gasteiger partial charge in [0.25, 0.3) is 0 Å². The van der Waals surface area contributed by atoms with E-state index in [0.717, 1.165) is 44.0 Å². The molecule has 2 aromatic heterocycles. The molecule has 0 radical (unpaired) electrons. The van der Waals surface area contributed by atoms with E-state index in [1.807, 2.05) is 13.1 Å². The summed E-state index contributed by atoms with van der Waals surface area (Å²) in [4.78, 5) is 6.79. The van der Waals surface area contributed by atoms with E-state index in [1.165, 1.54) is 6.07 Å². The molecule has 0 bridgehead atoms. The first-order valence-electron chi connectivity index (χ1n) is 8.76. The van der Waals surface area contributed by atoms with Gasteiger partial charge in [-0.2, -0.15) is 18.3 Å². The molecule has 142 valence electrons. The molecule has 27 heavy (non-hydrogen) atoms. The van der Waals surface area contributed by atoms with Gasteiger partial charge in [0.15, 0.2) is 5.65 Å². The highest BCUT2D eigenvalue weighted by atomic mass is 19.4. The molecule has 8 heteroatoms. The van der Waals surface area contributed by atoms with Crippen LogP contribution in [0.25, 0.3) is 16.8 Å². The highest BCUT2D eigenvalue weighted by Crippen LogP contribution is 2.33. The maximum Gasteiger partial charge on any atom is 0.416 e. The number of alkyl halides is 3. The lowest BCUT2D eigenvalue weighted by Crippen LogP contribution is -2.37. The number of nitrogens with zero attached hydrogens (tertiary/aromatic N) is 4. The normalized spacial score (nSPS) is 16.0. The lowest BCUT2D eigenvalue weighted by atomic mass is 10.1. The zero-order valence-electron chi connectivity index (χ0n) is 14.8. The molecule has 5 nitrogen and oxygen atoms in total. The van der Waals surface area contributed by atoms with Crippen molar-refractivity contribution < 1.29 is 17.9 Å². The van der Waals surface area contributed by atoms with Crippen molar-refractivity contribution >= 4 is 11.5 Å². The summed E-state index contributed by atoms with van der Waals surface area (Å²) in [5.41, 5.74) is 0.863. The standard InChI is InChI=1S/C19H19F3N4O/c1-25(15-6-9-27-10-7-15)17-5-8-26-18(24-17)16(12-23-26)13-3-2-4-14(11-13)19(20,21)22/h2-5,8,11-12,15H,6-7,9-10H2,1H3. The number of ether oxygens (including phenoxy) is 1. The second kappa shape index (κ2) is 6.84. The summed E-state index contributed by atoms with van der Waals surface area (Å²) in [6, 6.07) is 7.43. The van der Waals surface area contributed by atoms with E-state index in [9.17, 15) is 13.2 Å². The Morgan fingerprint density at radius 3 is 2.70 bits per heavy atom. The molecular weight excluding hydrogens is 357 g/mol. The van der Waals surface area contributed by atoms with Gasteiger partial charge in [-0.15, -0.1) is 0 Å². The van der Waals surface area contributed by atoms with E-state index in [1.54, 1.807) is 23.0 Å². The lowest BCUT2D eigenvalue weighted by molar-refractivity contribution is -0.137. The van der Waals surface area contributed by atoms with Crippen molar-refractivity contribution in [3.05, 3.63) is 48.3 Å². The van der Waals surface area contributed by atoms with E-state index in [0.29, 0.717) is 22.8 Å². The molecular formula is C19H19F3N4O. The molecule has 0 spiro atoms. The summed E-state index contributed by atoms with van der Waals surface area (Å²) in [5, 5.41) is 4.23. The topological polar surface area (TPSA) is 42.7 Å². The van der Waals surface area contributed by atoms with E-state index in [4.69, 9.17) is 4.74 Å². The first kappa shape index (κ1) is 17.8. The van der Waals surface area contributed by atoms with E-state index < -0.39 is 11.7 Å². The van der Waals surface area contributed by atoms with Crippen LogP contribution in [0.3, 0.4) is 0 Å². The predicted molar refractivity (Wildman–Crippen MR) is 95.7 cm³/mol. The van der Waals surface area contributed by atoms with Crippen LogP contribution in [0.1, 0.15) is 18.4 Å². The molecule has 3 aromatic rings. The average Bonchev–Trinajstić information content (AvgIpc) is 3.11. The molecule has 3 heterocycles. The van der Waals surface area contributed by atoms with Crippen molar-refractivity contribution in [3.63, 3.8) is 0 Å². The number of benzene rings is 1. The van der Waals surface area contributed by atoms with Gasteiger partial charge in [0.1, 0.15) is 5.82 Å². The maximum atomic E-state index is 13.0. The van der Waals surface area contributed by atoms with Gasteiger partial charge in [0, 0.05) is 38.1 Å². The molecule has 0 aliphatic carbocycles. The maximum absolute atomic E-state index is 13.0. The van der Waals surface area contributed by atoms with Crippen LogP contribution in [0, 0.1) is 0 Å². The number of fused-ring (bicyclic) bond motifs is 1. The minimum Gasteiger partial charge on any atom is -0.381 e. The van der Waals surface area contributed by atoms with Crippen LogP contribution in [0.15, 0.2) is 42.7 Å². The third-order valence-corrected chi connectivity index (χ3v) is 4.96. The molecule has 0 saturated carbocycles. The number of anilines is 1. The van der Waals surface area contributed by atoms with Crippen molar-refractivity contribution in [2.24, 2.45) is 0 Å². The largest absolute Gasteiger partial charge is 0.416 e. The summed E-state index contributed by atoms with van der Waals surface area (Å²) in [7, 11) is 1.98. The van der Waals surface area contributed by atoms with Gasteiger partial charge < -0.3 is 9.64 Å². The van der Waals surface area contributed by atoms with Crippen LogP contribution < -0.4 is 4.90 Å². The fourth-order valence-electron chi connectivity index (χ4n) is 3.38. The van der Waals surface area contributed by atoms with Crippen LogP contribution in [0.4, 0.5) is 19.0 Å². The van der Waals surface area contributed by atoms with Crippen LogP contribution in [-0.2, 0) is 10.9 Å². The molecule has 4 rings (SSSR count). The Bertz CT molecular complexity index is 948. The monoisotopic (exact) mass is 376 g/mol. The Hall–Kier alpha value is -2.61. The molecule has 0 amide bonds. The summed E-state index contributed by atoms with van der Waals surface area (Å²) < 4.78 is 46.1. The zero-order valence-corrected chi connectivity index (χ0v) is 14.8. The Morgan fingerprint density at radius 1 is 1.19 bits per heavy atom. The predicted octanol–water partition coefficient (Wildman–Crippen LogP) is 4.03. The molecule has 1 aliphatic rings. The van der Waals surface area contributed by atoms with Crippen molar-refractivity contribution in [1.29, 1.82) is 0 Å². The summed E-state index contributed by atoms with van der Waals surface area (Å²) >= 11 is 0. The molecule has 0 unspecified atom stereocenters. The number of hydrogen-bond acceptors (Lipinski definition) is 4. The SMILES string of the molecule is CN(c1ccn2ncc(-c3cccc(C(F)(F)F)c3)c2n1)C1CCOCC1. The molecule has 1 saturated heterocycles. The van der Waals surface area contributed by atoms with E-state index >= 15 is 0 Å². The average molecular weight is 376 g/mol. The van der Waals surface area contributed by atoms with E-state index in [-0.39, 0.29) is 0 Å². The van der Waals surface area contributed by atoms with Gasteiger partial charge in [-0.25, -0.2) is 9.50 Å². The van der Waals surface area contributed by atoms with Gasteiger partial charge in [-0.05, 0) is 36.6 Å². The third-order valence-electron chi connectivity index (χ3n) is 4.96. The zero-order chi connectivity index (χ0) is 19.0. The number of rotatable bonds is 3. The number of halogens is 3. The molecule has 0 atom stereocenters. The first-order chi connectivity index (χ1) is 12.9. The second-order valence-electron chi connectivity index (χ2n) is 6.65. The highest BCUT2D eigenvalue weighted by molar-refractivity contribution is 5.78. The summed E-state index contributed by atoms with van der Waals surface area (Å²) in [5.74, 6) is 0.767. The van der Waals surface area contributed by atoms with Crippen LogP contribution in [0.2, 0.25) is 0 Å². The molecule has 1 aliphatic heterocycles. The van der Waals surface area contributed by atoms with Crippen LogP contribution >= 0.6 is 0 Å². The van der Waals surface area contributed by atoms with Crippen LogP contribution in [-0.4, -0.2) is 40.9 Å². The van der Waals surface area contributed by atoms with Gasteiger partial charge >= 0.3 is 6.18 Å².